The van der Waals surface area contributed by atoms with Crippen molar-refractivity contribution in [2.45, 2.75) is 25.2 Å². The molecule has 3 aromatic rings. The number of halogens is 1. The fourth-order valence-corrected chi connectivity index (χ4v) is 6.16. The molecule has 1 N–H and O–H groups in total. The SMILES string of the molecule is CCc1nc(-c2cc(S(=O)(=O)Nc3ccccc3Br)c(C)s2)cs1. The lowest BCUT2D eigenvalue weighted by Gasteiger charge is -2.09. The smallest absolute Gasteiger partial charge is 0.263 e. The highest BCUT2D eigenvalue weighted by Crippen LogP contribution is 2.35. The lowest BCUT2D eigenvalue weighted by Crippen LogP contribution is -2.13. The van der Waals surface area contributed by atoms with Crippen molar-refractivity contribution in [3.8, 4) is 10.6 Å². The van der Waals surface area contributed by atoms with Crippen molar-refractivity contribution in [3.63, 3.8) is 0 Å². The Kier molecular flexibility index (Phi) is 5.10. The predicted octanol–water partition coefficient (Wildman–Crippen LogP) is 5.31. The Morgan fingerprint density at radius 2 is 2.04 bits per heavy atom. The molecule has 0 aliphatic heterocycles. The van der Waals surface area contributed by atoms with E-state index in [9.17, 15) is 8.42 Å². The first-order valence-electron chi connectivity index (χ1n) is 7.23. The number of hydrogen-bond acceptors (Lipinski definition) is 5. The van der Waals surface area contributed by atoms with Gasteiger partial charge >= 0.3 is 0 Å². The van der Waals surface area contributed by atoms with Gasteiger partial charge in [-0.3, -0.25) is 4.72 Å². The number of nitrogens with one attached hydrogen (secondary N) is 1. The summed E-state index contributed by atoms with van der Waals surface area (Å²) in [6.45, 7) is 3.87. The summed E-state index contributed by atoms with van der Waals surface area (Å²) < 4.78 is 28.8. The summed E-state index contributed by atoms with van der Waals surface area (Å²) in [6.07, 6.45) is 0.879. The van der Waals surface area contributed by atoms with E-state index in [0.29, 0.717) is 15.1 Å². The summed E-state index contributed by atoms with van der Waals surface area (Å²) >= 11 is 6.40. The maximum absolute atomic E-state index is 12.7. The van der Waals surface area contributed by atoms with Crippen LogP contribution in [0.4, 0.5) is 5.69 Å². The quantitative estimate of drug-likeness (QED) is 0.582. The monoisotopic (exact) mass is 442 g/mol. The number of benzene rings is 1. The number of aromatic nitrogens is 1. The van der Waals surface area contributed by atoms with Gasteiger partial charge in [-0.05, 0) is 47.5 Å². The molecule has 0 fully saturated rings. The topological polar surface area (TPSA) is 59.1 Å². The van der Waals surface area contributed by atoms with Crippen LogP contribution in [0.2, 0.25) is 0 Å². The first-order chi connectivity index (χ1) is 11.4. The van der Waals surface area contributed by atoms with Crippen LogP contribution < -0.4 is 4.72 Å². The molecule has 4 nitrogen and oxygen atoms in total. The Hall–Kier alpha value is -1.22. The summed E-state index contributed by atoms with van der Waals surface area (Å²) in [7, 11) is -3.65. The number of sulfonamides is 1. The predicted molar refractivity (Wildman–Crippen MR) is 104 cm³/mol. The molecule has 0 unspecified atom stereocenters. The number of rotatable bonds is 5. The molecule has 0 spiro atoms. The average molecular weight is 443 g/mol. The fraction of sp³-hybridized carbons (Fsp3) is 0.188. The normalized spacial score (nSPS) is 11.6. The van der Waals surface area contributed by atoms with Gasteiger partial charge in [0, 0.05) is 14.7 Å². The van der Waals surface area contributed by atoms with Gasteiger partial charge in [-0.1, -0.05) is 19.1 Å². The van der Waals surface area contributed by atoms with E-state index >= 15 is 0 Å². The Bertz CT molecular complexity index is 977. The van der Waals surface area contributed by atoms with Gasteiger partial charge in [0.25, 0.3) is 10.0 Å². The van der Waals surface area contributed by atoms with Gasteiger partial charge in [-0.15, -0.1) is 22.7 Å². The summed E-state index contributed by atoms with van der Waals surface area (Å²) in [4.78, 5) is 6.45. The standard InChI is InChI=1S/C16H15BrN2O2S3/c1-3-16-18-13(9-22-16)14-8-15(10(2)23-14)24(20,21)19-12-7-5-4-6-11(12)17/h4-9,19H,3H2,1-2H3. The minimum Gasteiger partial charge on any atom is -0.278 e. The number of nitrogens with zero attached hydrogens (tertiary/aromatic N) is 1. The number of thiazole rings is 1. The van der Waals surface area contributed by atoms with Crippen LogP contribution in [-0.2, 0) is 16.4 Å². The van der Waals surface area contributed by atoms with E-state index in [1.54, 1.807) is 35.6 Å². The Morgan fingerprint density at radius 1 is 1.29 bits per heavy atom. The van der Waals surface area contributed by atoms with Gasteiger partial charge in [0.2, 0.25) is 0 Å². The van der Waals surface area contributed by atoms with Crippen LogP contribution >= 0.6 is 38.6 Å². The summed E-state index contributed by atoms with van der Waals surface area (Å²) in [6, 6.07) is 8.84. The second-order valence-corrected chi connectivity index (χ2v) is 9.80. The van der Waals surface area contributed by atoms with E-state index in [2.05, 4.69) is 32.6 Å². The maximum atomic E-state index is 12.7. The third-order valence-corrected chi connectivity index (χ3v) is 7.77. The lowest BCUT2D eigenvalue weighted by atomic mass is 10.3. The highest BCUT2D eigenvalue weighted by atomic mass is 79.9. The molecule has 3 rings (SSSR count). The second-order valence-electron chi connectivity index (χ2n) is 5.10. The average Bonchev–Trinajstić information content (AvgIpc) is 3.16. The molecule has 0 bridgehead atoms. The van der Waals surface area contributed by atoms with Crippen molar-refractivity contribution in [1.29, 1.82) is 0 Å². The molecule has 0 aliphatic rings. The molecular formula is C16H15BrN2O2S3. The van der Waals surface area contributed by atoms with Crippen LogP contribution in [0.3, 0.4) is 0 Å². The van der Waals surface area contributed by atoms with E-state index < -0.39 is 10.0 Å². The molecule has 0 aliphatic carbocycles. The molecule has 0 atom stereocenters. The third-order valence-electron chi connectivity index (χ3n) is 3.39. The summed E-state index contributed by atoms with van der Waals surface area (Å²) in [5.74, 6) is 0. The van der Waals surface area contributed by atoms with Gasteiger partial charge in [-0.25, -0.2) is 13.4 Å². The molecule has 24 heavy (non-hydrogen) atoms. The minimum absolute atomic E-state index is 0.296. The number of para-hydroxylation sites is 1. The molecule has 0 radical (unpaired) electrons. The molecule has 126 valence electrons. The van der Waals surface area contributed by atoms with Crippen LogP contribution in [0.15, 0.2) is 45.1 Å². The van der Waals surface area contributed by atoms with E-state index in [4.69, 9.17) is 0 Å². The van der Waals surface area contributed by atoms with Gasteiger partial charge in [0.1, 0.15) is 4.90 Å². The van der Waals surface area contributed by atoms with E-state index in [1.807, 2.05) is 18.4 Å². The van der Waals surface area contributed by atoms with Crippen molar-refractivity contribution in [1.82, 2.24) is 4.98 Å². The molecular weight excluding hydrogens is 428 g/mol. The van der Waals surface area contributed by atoms with Crippen molar-refractivity contribution in [3.05, 3.63) is 50.1 Å². The summed E-state index contributed by atoms with van der Waals surface area (Å²) in [5, 5.41) is 3.02. The second kappa shape index (κ2) is 6.95. The maximum Gasteiger partial charge on any atom is 0.263 e. The number of anilines is 1. The Labute approximate surface area is 157 Å². The number of aryl methyl sites for hydroxylation is 2. The Morgan fingerprint density at radius 3 is 2.71 bits per heavy atom. The van der Waals surface area contributed by atoms with Gasteiger partial charge in [0.05, 0.1) is 21.3 Å². The zero-order valence-corrected chi connectivity index (χ0v) is 17.1. The molecule has 0 amide bonds. The van der Waals surface area contributed by atoms with Gasteiger partial charge in [0.15, 0.2) is 0 Å². The van der Waals surface area contributed by atoms with E-state index in [1.165, 1.54) is 11.3 Å². The van der Waals surface area contributed by atoms with Crippen molar-refractivity contribution in [2.75, 3.05) is 4.72 Å². The van der Waals surface area contributed by atoms with Gasteiger partial charge < -0.3 is 0 Å². The summed E-state index contributed by atoms with van der Waals surface area (Å²) in [5.41, 5.74) is 1.36. The zero-order chi connectivity index (χ0) is 17.3. The first-order valence-corrected chi connectivity index (χ1v) is 11.2. The van der Waals surface area contributed by atoms with E-state index in [-0.39, 0.29) is 0 Å². The molecule has 1 aromatic carbocycles. The zero-order valence-electron chi connectivity index (χ0n) is 13.0. The number of hydrogen-bond donors (Lipinski definition) is 1. The van der Waals surface area contributed by atoms with Crippen molar-refractivity contribution >= 4 is 54.3 Å². The molecule has 0 saturated carbocycles. The van der Waals surface area contributed by atoms with Crippen LogP contribution in [0.25, 0.3) is 10.6 Å². The molecule has 0 saturated heterocycles. The molecule has 2 heterocycles. The van der Waals surface area contributed by atoms with E-state index in [0.717, 1.165) is 26.9 Å². The highest BCUT2D eigenvalue weighted by Gasteiger charge is 2.22. The number of thiophene rings is 1. The van der Waals surface area contributed by atoms with Crippen molar-refractivity contribution < 1.29 is 8.42 Å². The molecule has 8 heteroatoms. The minimum atomic E-state index is -3.65. The largest absolute Gasteiger partial charge is 0.278 e. The third kappa shape index (κ3) is 3.56. The van der Waals surface area contributed by atoms with Crippen LogP contribution in [0, 0.1) is 6.92 Å². The van der Waals surface area contributed by atoms with Crippen LogP contribution in [-0.4, -0.2) is 13.4 Å². The van der Waals surface area contributed by atoms with Gasteiger partial charge in [-0.2, -0.15) is 0 Å². The Balaban J connectivity index is 1.95. The lowest BCUT2D eigenvalue weighted by molar-refractivity contribution is 0.601. The van der Waals surface area contributed by atoms with Crippen LogP contribution in [0.5, 0.6) is 0 Å². The van der Waals surface area contributed by atoms with Crippen molar-refractivity contribution in [2.24, 2.45) is 0 Å². The van der Waals surface area contributed by atoms with Crippen LogP contribution in [0.1, 0.15) is 16.8 Å². The highest BCUT2D eigenvalue weighted by molar-refractivity contribution is 9.10. The fourth-order valence-electron chi connectivity index (χ4n) is 2.19. The molecule has 2 aromatic heterocycles. The first kappa shape index (κ1) is 17.6.